The molecule has 0 aliphatic heterocycles. The van der Waals surface area contributed by atoms with Gasteiger partial charge in [-0.05, 0) is 54.3 Å². The van der Waals surface area contributed by atoms with Crippen LogP contribution < -0.4 is 0 Å². The molecular formula is C15H22O2. The molecule has 94 valence electrons. The van der Waals surface area contributed by atoms with Crippen molar-refractivity contribution in [3.63, 3.8) is 0 Å². The van der Waals surface area contributed by atoms with Gasteiger partial charge in [-0.3, -0.25) is 0 Å². The van der Waals surface area contributed by atoms with Crippen LogP contribution in [0.3, 0.4) is 0 Å². The summed E-state index contributed by atoms with van der Waals surface area (Å²) in [7, 11) is 0. The molecule has 3 rings (SSSR count). The molecule has 3 aliphatic rings. The van der Waals surface area contributed by atoms with E-state index in [0.29, 0.717) is 11.0 Å². The SMILES string of the molecule is C[C@@H]1CCC2C(C)(C)C3CC21CC=C3C(=O)O. The van der Waals surface area contributed by atoms with Crippen molar-refractivity contribution in [2.75, 3.05) is 0 Å². The highest BCUT2D eigenvalue weighted by molar-refractivity contribution is 5.87. The zero-order valence-electron chi connectivity index (χ0n) is 11.0. The number of carboxylic acids is 1. The Balaban J connectivity index is 2.09. The van der Waals surface area contributed by atoms with Crippen molar-refractivity contribution in [2.45, 2.75) is 46.5 Å². The molecule has 4 atom stereocenters. The van der Waals surface area contributed by atoms with Gasteiger partial charge in [-0.2, -0.15) is 0 Å². The van der Waals surface area contributed by atoms with Crippen LogP contribution in [0.1, 0.15) is 46.5 Å². The Morgan fingerprint density at radius 1 is 1.41 bits per heavy atom. The maximum absolute atomic E-state index is 11.4. The van der Waals surface area contributed by atoms with Gasteiger partial charge in [0, 0.05) is 5.57 Å². The van der Waals surface area contributed by atoms with Gasteiger partial charge in [0.1, 0.15) is 0 Å². The Bertz CT molecular complexity index is 407. The molecule has 0 aromatic heterocycles. The van der Waals surface area contributed by atoms with Gasteiger partial charge < -0.3 is 5.11 Å². The van der Waals surface area contributed by atoms with Crippen molar-refractivity contribution in [1.82, 2.24) is 0 Å². The number of carboxylic acid groups (broad SMARTS) is 1. The number of aliphatic carboxylic acids is 1. The van der Waals surface area contributed by atoms with Crippen molar-refractivity contribution >= 4 is 5.97 Å². The normalized spacial score (nSPS) is 46.5. The van der Waals surface area contributed by atoms with Crippen LogP contribution in [0.5, 0.6) is 0 Å². The Morgan fingerprint density at radius 3 is 2.76 bits per heavy atom. The predicted molar refractivity (Wildman–Crippen MR) is 66.5 cm³/mol. The molecule has 0 aromatic rings. The van der Waals surface area contributed by atoms with E-state index in [-0.39, 0.29) is 11.3 Å². The highest BCUT2D eigenvalue weighted by atomic mass is 16.4. The molecule has 0 amide bonds. The van der Waals surface area contributed by atoms with Gasteiger partial charge in [0.2, 0.25) is 0 Å². The third kappa shape index (κ3) is 1.19. The van der Waals surface area contributed by atoms with E-state index in [0.717, 1.165) is 24.7 Å². The summed E-state index contributed by atoms with van der Waals surface area (Å²) in [5.41, 5.74) is 1.29. The minimum absolute atomic E-state index is 0.172. The first-order valence-electron chi connectivity index (χ1n) is 6.83. The summed E-state index contributed by atoms with van der Waals surface area (Å²) in [6.07, 6.45) is 6.78. The first kappa shape index (κ1) is 11.3. The van der Waals surface area contributed by atoms with Gasteiger partial charge in [0.15, 0.2) is 0 Å². The van der Waals surface area contributed by atoms with Crippen molar-refractivity contribution in [2.24, 2.45) is 28.6 Å². The number of hydrogen-bond acceptors (Lipinski definition) is 1. The molecule has 17 heavy (non-hydrogen) atoms. The predicted octanol–water partition coefficient (Wildman–Crippen LogP) is 3.48. The quantitative estimate of drug-likeness (QED) is 0.754. The molecule has 2 bridgehead atoms. The van der Waals surface area contributed by atoms with E-state index in [4.69, 9.17) is 0 Å². The molecule has 2 saturated carbocycles. The average Bonchev–Trinajstić information content (AvgIpc) is 2.64. The first-order valence-corrected chi connectivity index (χ1v) is 6.83. The minimum Gasteiger partial charge on any atom is -0.478 e. The highest BCUT2D eigenvalue weighted by Crippen LogP contribution is 2.71. The number of rotatable bonds is 1. The molecule has 2 heteroatoms. The Morgan fingerprint density at radius 2 is 2.12 bits per heavy atom. The summed E-state index contributed by atoms with van der Waals surface area (Å²) in [6, 6.07) is 0. The van der Waals surface area contributed by atoms with Crippen molar-refractivity contribution in [1.29, 1.82) is 0 Å². The molecule has 3 unspecified atom stereocenters. The fourth-order valence-electron chi connectivity index (χ4n) is 5.29. The number of carbonyl (C=O) groups is 1. The second-order valence-corrected chi connectivity index (χ2v) is 7.01. The first-order chi connectivity index (χ1) is 7.89. The summed E-state index contributed by atoms with van der Waals surface area (Å²) in [5, 5.41) is 9.35. The Kier molecular flexibility index (Phi) is 2.10. The van der Waals surface area contributed by atoms with Crippen LogP contribution in [-0.2, 0) is 4.79 Å². The summed E-state index contributed by atoms with van der Waals surface area (Å²) < 4.78 is 0. The van der Waals surface area contributed by atoms with E-state index >= 15 is 0 Å². The fourth-order valence-corrected chi connectivity index (χ4v) is 5.29. The van der Waals surface area contributed by atoms with Crippen molar-refractivity contribution in [3.8, 4) is 0 Å². The van der Waals surface area contributed by atoms with E-state index in [2.05, 4.69) is 20.8 Å². The Hall–Kier alpha value is -0.790. The molecule has 2 nitrogen and oxygen atoms in total. The van der Waals surface area contributed by atoms with E-state index in [1.54, 1.807) is 0 Å². The van der Waals surface area contributed by atoms with Crippen LogP contribution >= 0.6 is 0 Å². The number of allylic oxidation sites excluding steroid dienone is 1. The van der Waals surface area contributed by atoms with Gasteiger partial charge in [-0.25, -0.2) is 4.79 Å². The lowest BCUT2D eigenvalue weighted by molar-refractivity contribution is -0.133. The largest absolute Gasteiger partial charge is 0.478 e. The summed E-state index contributed by atoms with van der Waals surface area (Å²) in [4.78, 5) is 11.4. The second-order valence-electron chi connectivity index (χ2n) is 7.01. The molecule has 0 aromatic carbocycles. The van der Waals surface area contributed by atoms with Gasteiger partial charge in [-0.1, -0.05) is 26.8 Å². The van der Waals surface area contributed by atoms with Crippen LogP contribution in [0.2, 0.25) is 0 Å². The van der Waals surface area contributed by atoms with Crippen molar-refractivity contribution < 1.29 is 9.90 Å². The van der Waals surface area contributed by atoms with Crippen LogP contribution in [0.4, 0.5) is 0 Å². The lowest BCUT2D eigenvalue weighted by Crippen LogP contribution is -2.30. The van der Waals surface area contributed by atoms with Crippen LogP contribution in [0.15, 0.2) is 11.6 Å². The Labute approximate surface area is 103 Å². The van der Waals surface area contributed by atoms with Gasteiger partial charge in [-0.15, -0.1) is 0 Å². The van der Waals surface area contributed by atoms with E-state index in [9.17, 15) is 9.90 Å². The summed E-state index contributed by atoms with van der Waals surface area (Å²) >= 11 is 0. The molecule has 0 radical (unpaired) electrons. The third-order valence-corrected chi connectivity index (χ3v) is 6.27. The average molecular weight is 234 g/mol. The van der Waals surface area contributed by atoms with Crippen LogP contribution in [0.25, 0.3) is 0 Å². The fraction of sp³-hybridized carbons (Fsp3) is 0.800. The lowest BCUT2D eigenvalue weighted by Gasteiger charge is -2.36. The molecule has 2 fully saturated rings. The van der Waals surface area contributed by atoms with E-state index < -0.39 is 5.97 Å². The van der Waals surface area contributed by atoms with Gasteiger partial charge >= 0.3 is 5.97 Å². The van der Waals surface area contributed by atoms with Crippen LogP contribution in [0, 0.1) is 28.6 Å². The monoisotopic (exact) mass is 234 g/mol. The second kappa shape index (κ2) is 3.15. The van der Waals surface area contributed by atoms with Gasteiger partial charge in [0.05, 0.1) is 0 Å². The zero-order chi connectivity index (χ0) is 12.4. The number of fused-ring (bicyclic) bond motifs is 1. The summed E-state index contributed by atoms with van der Waals surface area (Å²) in [6.45, 7) is 6.96. The molecule has 1 N–H and O–H groups in total. The maximum atomic E-state index is 11.4. The zero-order valence-corrected chi connectivity index (χ0v) is 11.0. The van der Waals surface area contributed by atoms with Crippen molar-refractivity contribution in [3.05, 3.63) is 11.6 Å². The molecule has 0 saturated heterocycles. The van der Waals surface area contributed by atoms with Gasteiger partial charge in [0.25, 0.3) is 0 Å². The maximum Gasteiger partial charge on any atom is 0.331 e. The standard InChI is InChI=1S/C15H22O2/c1-9-4-5-12-14(2,3)11-8-15(9,12)7-6-10(11)13(16)17/h6,9,11-12H,4-5,7-8H2,1-3H3,(H,16,17)/t9-,11?,12?,15?/m1/s1. The third-order valence-electron chi connectivity index (χ3n) is 6.27. The van der Waals surface area contributed by atoms with Crippen LogP contribution in [-0.4, -0.2) is 11.1 Å². The molecule has 3 aliphatic carbocycles. The highest BCUT2D eigenvalue weighted by Gasteiger charge is 2.64. The smallest absolute Gasteiger partial charge is 0.331 e. The number of hydrogen-bond donors (Lipinski definition) is 1. The van der Waals surface area contributed by atoms with E-state index in [1.807, 2.05) is 6.08 Å². The lowest BCUT2D eigenvalue weighted by atomic mass is 9.68. The topological polar surface area (TPSA) is 37.3 Å². The molecule has 0 heterocycles. The summed E-state index contributed by atoms with van der Waals surface area (Å²) in [5.74, 6) is 1.08. The minimum atomic E-state index is -0.689. The van der Waals surface area contributed by atoms with E-state index in [1.165, 1.54) is 12.8 Å². The molecular weight excluding hydrogens is 212 g/mol. The molecule has 1 spiro atoms.